The van der Waals surface area contributed by atoms with Gasteiger partial charge in [0.1, 0.15) is 5.78 Å². The van der Waals surface area contributed by atoms with Crippen molar-refractivity contribution in [1.82, 2.24) is 35.7 Å². The molecule has 0 saturated carbocycles. The van der Waals surface area contributed by atoms with Crippen LogP contribution in [0, 0.1) is 0 Å². The van der Waals surface area contributed by atoms with Gasteiger partial charge in [0.15, 0.2) is 11.2 Å². The van der Waals surface area contributed by atoms with Crippen LogP contribution < -0.4 is 16.4 Å². The third-order valence-electron chi connectivity index (χ3n) is 6.35. The zero-order valence-electron chi connectivity index (χ0n) is 19.0. The maximum absolute atomic E-state index is 13.2. The molecule has 0 radical (unpaired) electrons. The first-order chi connectivity index (χ1) is 16.2. The second-order valence-electron chi connectivity index (χ2n) is 9.36. The Balaban J connectivity index is 1.25. The van der Waals surface area contributed by atoms with Crippen LogP contribution in [-0.4, -0.2) is 61.3 Å². The van der Waals surface area contributed by atoms with Crippen molar-refractivity contribution in [1.29, 1.82) is 0 Å². The molecule has 2 aliphatic heterocycles. The van der Waals surface area contributed by atoms with E-state index in [0.29, 0.717) is 49.4 Å². The number of Topliss-reactive ketones (excluding diaryl/α,β-unsaturated/α-hetero) is 1. The average molecular weight is 483 g/mol. The number of anilines is 1. The monoisotopic (exact) mass is 482 g/mol. The summed E-state index contributed by atoms with van der Waals surface area (Å²) in [7, 11) is 0. The number of likely N-dealkylation sites (tertiary alicyclic amines) is 1. The number of rotatable bonds is 4. The van der Waals surface area contributed by atoms with E-state index in [9.17, 15) is 14.4 Å². The summed E-state index contributed by atoms with van der Waals surface area (Å²) in [6.45, 7) is 5.05. The summed E-state index contributed by atoms with van der Waals surface area (Å²) in [6.07, 6.45) is 3.41. The molecule has 1 aliphatic carbocycles. The number of hydrogen-bond donors (Lipinski definition) is 4. The third kappa shape index (κ3) is 4.13. The molecule has 5 N–H and O–H groups in total. The lowest BCUT2D eigenvalue weighted by molar-refractivity contribution is -0.133. The smallest absolute Gasteiger partial charge is 0.274 e. The number of aromatic amines is 1. The number of thioether (sulfide) groups is 1. The van der Waals surface area contributed by atoms with Crippen molar-refractivity contribution in [3.8, 4) is 11.4 Å². The van der Waals surface area contributed by atoms with Crippen molar-refractivity contribution in [3.63, 3.8) is 0 Å². The fourth-order valence-corrected chi connectivity index (χ4v) is 5.53. The second kappa shape index (κ2) is 8.42. The van der Waals surface area contributed by atoms with Gasteiger partial charge in [0.25, 0.3) is 5.91 Å². The fraction of sp³-hybridized carbons (Fsp3) is 0.455. The number of carbonyl (C=O) groups is 3. The van der Waals surface area contributed by atoms with Crippen molar-refractivity contribution < 1.29 is 14.4 Å². The molecule has 5 rings (SSSR count). The van der Waals surface area contributed by atoms with Crippen molar-refractivity contribution in [2.24, 2.45) is 0 Å². The molecule has 11 nitrogen and oxygen atoms in total. The highest BCUT2D eigenvalue weighted by atomic mass is 32.2. The summed E-state index contributed by atoms with van der Waals surface area (Å²) in [6, 6.07) is 0. The number of H-pyrrole nitrogens is 1. The van der Waals surface area contributed by atoms with E-state index >= 15 is 0 Å². The number of nitrogens with one attached hydrogen (secondary N) is 3. The van der Waals surface area contributed by atoms with Crippen LogP contribution in [0.5, 0.6) is 0 Å². The van der Waals surface area contributed by atoms with Crippen LogP contribution in [0.4, 0.5) is 5.95 Å². The zero-order chi connectivity index (χ0) is 24.0. The largest absolute Gasteiger partial charge is 0.368 e. The van der Waals surface area contributed by atoms with Crippen LogP contribution >= 0.6 is 11.8 Å². The molecular weight excluding hydrogens is 456 g/mol. The maximum atomic E-state index is 13.2. The Morgan fingerprint density at radius 2 is 2.09 bits per heavy atom. The lowest BCUT2D eigenvalue weighted by atomic mass is 9.73. The molecule has 0 bridgehead atoms. The average Bonchev–Trinajstić information content (AvgIpc) is 3.42. The number of carbonyl (C=O) groups excluding carboxylic acids is 3. The summed E-state index contributed by atoms with van der Waals surface area (Å²) in [4.78, 5) is 47.3. The predicted octanol–water partition coefficient (Wildman–Crippen LogP) is 1.06. The molecule has 4 heterocycles. The summed E-state index contributed by atoms with van der Waals surface area (Å²) in [5.74, 6) is 0.0167. The summed E-state index contributed by atoms with van der Waals surface area (Å²) in [5.41, 5.74) is 9.16. The van der Waals surface area contributed by atoms with Gasteiger partial charge in [-0.15, -0.1) is 0 Å². The van der Waals surface area contributed by atoms with Gasteiger partial charge >= 0.3 is 0 Å². The van der Waals surface area contributed by atoms with Gasteiger partial charge < -0.3 is 21.3 Å². The molecule has 1 unspecified atom stereocenters. The van der Waals surface area contributed by atoms with Crippen LogP contribution in [0.3, 0.4) is 0 Å². The minimum Gasteiger partial charge on any atom is -0.368 e. The molecule has 1 saturated heterocycles. The number of nitrogens with two attached hydrogens (primary N) is 1. The van der Waals surface area contributed by atoms with Gasteiger partial charge in [0.05, 0.1) is 17.8 Å². The summed E-state index contributed by atoms with van der Waals surface area (Å²) in [5, 5.41) is 15.3. The Labute approximate surface area is 200 Å². The van der Waals surface area contributed by atoms with Crippen LogP contribution in [0.1, 0.15) is 54.7 Å². The maximum Gasteiger partial charge on any atom is 0.274 e. The minimum atomic E-state index is -0.414. The number of nitrogens with zero attached hydrogens (tertiary/aromatic N) is 4. The molecule has 3 aliphatic rings. The van der Waals surface area contributed by atoms with Crippen LogP contribution in [0.2, 0.25) is 0 Å². The molecule has 34 heavy (non-hydrogen) atoms. The van der Waals surface area contributed by atoms with Crippen LogP contribution in [-0.2, 0) is 21.4 Å². The number of piperidine rings is 1. The second-order valence-corrected chi connectivity index (χ2v) is 10.3. The quantitative estimate of drug-likeness (QED) is 0.500. The van der Waals surface area contributed by atoms with Crippen LogP contribution in [0.15, 0.2) is 17.3 Å². The van der Waals surface area contributed by atoms with Crippen molar-refractivity contribution in [3.05, 3.63) is 34.1 Å². The molecule has 2 amide bonds. The van der Waals surface area contributed by atoms with Gasteiger partial charge in [-0.1, -0.05) is 25.6 Å². The topological polar surface area (TPSA) is 159 Å². The Morgan fingerprint density at radius 3 is 2.85 bits per heavy atom. The Bertz CT molecular complexity index is 1210. The number of amides is 2. The molecule has 2 aromatic heterocycles. The number of nitrogen functional groups attached to an aromatic ring is 1. The normalized spacial score (nSPS) is 20.8. The molecule has 0 spiro atoms. The van der Waals surface area contributed by atoms with Gasteiger partial charge in [-0.2, -0.15) is 5.10 Å². The molecule has 0 aromatic carbocycles. The van der Waals surface area contributed by atoms with E-state index in [1.807, 2.05) is 5.41 Å². The molecule has 12 heteroatoms. The van der Waals surface area contributed by atoms with Crippen molar-refractivity contribution in [2.75, 3.05) is 18.8 Å². The Morgan fingerprint density at radius 1 is 1.32 bits per heavy atom. The first-order valence-electron chi connectivity index (χ1n) is 11.1. The molecule has 2 aromatic rings. The van der Waals surface area contributed by atoms with E-state index in [0.717, 1.165) is 16.8 Å². The van der Waals surface area contributed by atoms with E-state index in [1.54, 1.807) is 11.1 Å². The lowest BCUT2D eigenvalue weighted by Gasteiger charge is -2.31. The van der Waals surface area contributed by atoms with E-state index in [4.69, 9.17) is 5.73 Å². The van der Waals surface area contributed by atoms with Gasteiger partial charge in [-0.3, -0.25) is 19.5 Å². The van der Waals surface area contributed by atoms with Gasteiger partial charge in [-0.05, 0) is 22.8 Å². The highest BCUT2D eigenvalue weighted by Crippen LogP contribution is 2.42. The van der Waals surface area contributed by atoms with E-state index < -0.39 is 5.50 Å². The molecule has 1 atom stereocenters. The summed E-state index contributed by atoms with van der Waals surface area (Å²) >= 11 is 1.39. The molecule has 178 valence electrons. The first-order valence-corrected chi connectivity index (χ1v) is 12.1. The SMILES string of the molecule is CC1(C)Cc2cnc(N)nc2-c2[nH]nc(C(=O)NC3NC(CC(=O)N4CCC(=O)CC4)=CS3)c21. The van der Waals surface area contributed by atoms with E-state index in [-0.39, 0.29) is 35.4 Å². The van der Waals surface area contributed by atoms with E-state index in [2.05, 4.69) is 44.6 Å². The Kier molecular flexibility index (Phi) is 5.54. The third-order valence-corrected chi connectivity index (χ3v) is 7.28. The first kappa shape index (κ1) is 22.4. The highest BCUT2D eigenvalue weighted by molar-refractivity contribution is 8.02. The van der Waals surface area contributed by atoms with E-state index in [1.165, 1.54) is 11.8 Å². The predicted molar refractivity (Wildman–Crippen MR) is 126 cm³/mol. The number of hydrogen-bond acceptors (Lipinski definition) is 9. The number of ketones is 1. The van der Waals surface area contributed by atoms with Gasteiger partial charge in [0, 0.05) is 43.4 Å². The number of fused-ring (bicyclic) bond motifs is 3. The number of aromatic nitrogens is 4. The van der Waals surface area contributed by atoms with Crippen molar-refractivity contribution >= 4 is 35.3 Å². The zero-order valence-corrected chi connectivity index (χ0v) is 19.8. The lowest BCUT2D eigenvalue weighted by Crippen LogP contribution is -2.43. The minimum absolute atomic E-state index is 0.0260. The van der Waals surface area contributed by atoms with Crippen LogP contribution in [0.25, 0.3) is 11.4 Å². The molecule has 1 fully saturated rings. The molecular formula is C22H26N8O3S. The fourth-order valence-electron chi connectivity index (χ4n) is 4.68. The highest BCUT2D eigenvalue weighted by Gasteiger charge is 2.39. The van der Waals surface area contributed by atoms with Gasteiger partial charge in [-0.25, -0.2) is 9.97 Å². The Hall–Kier alpha value is -3.41. The summed E-state index contributed by atoms with van der Waals surface area (Å²) < 4.78 is 0. The van der Waals surface area contributed by atoms with Crippen molar-refractivity contribution in [2.45, 2.75) is 50.4 Å². The van der Waals surface area contributed by atoms with Gasteiger partial charge in [0.2, 0.25) is 11.9 Å². The standard InChI is InChI=1S/C22H26N8O3S/c1-22(2)8-11-9-24-20(23)26-16(11)17-15(22)18(29-28-17)19(33)27-21-25-12(10-34-21)7-14(32)30-5-3-13(31)4-6-30/h9-10,21,25H,3-8H2,1-2H3,(H,27,33)(H,28,29)(H2,23,24,26).